The summed E-state index contributed by atoms with van der Waals surface area (Å²) in [5, 5.41) is 9.51. The van der Waals surface area contributed by atoms with Crippen LogP contribution in [-0.2, 0) is 10.5 Å². The largest absolute Gasteiger partial charge is 0.480 e. The van der Waals surface area contributed by atoms with Crippen molar-refractivity contribution in [3.8, 4) is 0 Å². The molecule has 0 aliphatic carbocycles. The molecule has 1 heterocycles. The van der Waals surface area contributed by atoms with E-state index in [1.807, 2.05) is 24.5 Å². The highest BCUT2D eigenvalue weighted by atomic mass is 32.2. The molecule has 1 aromatic rings. The van der Waals surface area contributed by atoms with Gasteiger partial charge in [0.15, 0.2) is 0 Å². The predicted molar refractivity (Wildman–Crippen MR) is 84.6 cm³/mol. The van der Waals surface area contributed by atoms with E-state index in [2.05, 4.69) is 0 Å². The maximum atomic E-state index is 12.7. The van der Waals surface area contributed by atoms with Crippen LogP contribution in [0.3, 0.4) is 0 Å². The fourth-order valence-electron chi connectivity index (χ4n) is 2.79. The van der Waals surface area contributed by atoms with Gasteiger partial charge < -0.3 is 10.0 Å². The van der Waals surface area contributed by atoms with Crippen molar-refractivity contribution >= 4 is 23.6 Å². The molecule has 1 N–H and O–H groups in total. The van der Waals surface area contributed by atoms with E-state index in [0.29, 0.717) is 18.5 Å². The molecule has 1 saturated heterocycles. The molecular formula is C16H21NO3S. The van der Waals surface area contributed by atoms with Gasteiger partial charge in [-0.1, -0.05) is 12.1 Å². The number of carboxylic acid groups (broad SMARTS) is 1. The third-order valence-electron chi connectivity index (χ3n) is 4.08. The van der Waals surface area contributed by atoms with Crippen LogP contribution in [0.5, 0.6) is 0 Å². The molecule has 1 aliphatic heterocycles. The molecule has 1 aliphatic rings. The van der Waals surface area contributed by atoms with Gasteiger partial charge in [-0.15, -0.1) is 0 Å². The van der Waals surface area contributed by atoms with Gasteiger partial charge in [-0.2, -0.15) is 11.8 Å². The number of hydrogen-bond donors (Lipinski definition) is 1. The molecule has 5 heteroatoms. The highest BCUT2D eigenvalue weighted by Gasteiger charge is 2.44. The summed E-state index contributed by atoms with van der Waals surface area (Å²) in [5.41, 5.74) is 0.573. The number of carbonyl (C=O) groups is 2. The molecule has 1 atom stereocenters. The summed E-state index contributed by atoms with van der Waals surface area (Å²) < 4.78 is 0. The molecular weight excluding hydrogens is 286 g/mol. The molecule has 0 spiro atoms. The van der Waals surface area contributed by atoms with Crippen LogP contribution in [0.4, 0.5) is 0 Å². The summed E-state index contributed by atoms with van der Waals surface area (Å²) in [6.45, 7) is 2.16. The second kappa shape index (κ2) is 6.52. The van der Waals surface area contributed by atoms with Crippen molar-refractivity contribution in [1.82, 2.24) is 4.90 Å². The summed E-state index contributed by atoms with van der Waals surface area (Å²) in [6, 6.07) is 7.49. The molecule has 0 aromatic heterocycles. The minimum atomic E-state index is -1.09. The number of aliphatic carboxylic acids is 1. The monoisotopic (exact) mass is 307 g/mol. The van der Waals surface area contributed by atoms with Crippen LogP contribution in [-0.4, -0.2) is 40.2 Å². The van der Waals surface area contributed by atoms with E-state index < -0.39 is 11.5 Å². The van der Waals surface area contributed by atoms with Crippen LogP contribution in [0.1, 0.15) is 42.1 Å². The van der Waals surface area contributed by atoms with Crippen molar-refractivity contribution in [1.29, 1.82) is 0 Å². The van der Waals surface area contributed by atoms with Crippen LogP contribution >= 0.6 is 11.8 Å². The van der Waals surface area contributed by atoms with E-state index >= 15 is 0 Å². The summed E-state index contributed by atoms with van der Waals surface area (Å²) in [4.78, 5) is 25.9. The van der Waals surface area contributed by atoms with Crippen molar-refractivity contribution in [2.24, 2.45) is 0 Å². The first-order valence-electron chi connectivity index (χ1n) is 7.12. The molecule has 0 saturated carbocycles. The Morgan fingerprint density at radius 2 is 2.14 bits per heavy atom. The SMILES string of the molecule is CSCc1cccc(C(=O)N2CCCCC2(C)C(=O)O)c1. The molecule has 0 radical (unpaired) electrons. The number of hydrogen-bond acceptors (Lipinski definition) is 3. The lowest BCUT2D eigenvalue weighted by atomic mass is 9.87. The van der Waals surface area contributed by atoms with E-state index in [9.17, 15) is 14.7 Å². The fourth-order valence-corrected chi connectivity index (χ4v) is 3.30. The summed E-state index contributed by atoms with van der Waals surface area (Å²) >= 11 is 1.70. The number of rotatable bonds is 4. The molecule has 1 amide bonds. The van der Waals surface area contributed by atoms with Crippen LogP contribution < -0.4 is 0 Å². The van der Waals surface area contributed by atoms with Gasteiger partial charge in [0.1, 0.15) is 5.54 Å². The van der Waals surface area contributed by atoms with Gasteiger partial charge in [-0.05, 0) is 50.1 Å². The summed E-state index contributed by atoms with van der Waals surface area (Å²) in [5.74, 6) is -0.254. The fraction of sp³-hybridized carbons (Fsp3) is 0.500. The van der Waals surface area contributed by atoms with E-state index in [1.165, 1.54) is 4.90 Å². The topological polar surface area (TPSA) is 57.6 Å². The number of amides is 1. The molecule has 1 unspecified atom stereocenters. The Bertz CT molecular complexity index is 546. The highest BCUT2D eigenvalue weighted by molar-refractivity contribution is 7.97. The van der Waals surface area contributed by atoms with Crippen molar-refractivity contribution in [3.63, 3.8) is 0 Å². The van der Waals surface area contributed by atoms with Crippen molar-refractivity contribution in [3.05, 3.63) is 35.4 Å². The molecule has 4 nitrogen and oxygen atoms in total. The average molecular weight is 307 g/mol. The standard InChI is InChI=1S/C16H21NO3S/c1-16(15(19)20)8-3-4-9-17(16)14(18)13-7-5-6-12(10-13)11-21-2/h5-7,10H,3-4,8-9,11H2,1-2H3,(H,19,20). The van der Waals surface area contributed by atoms with E-state index in [0.717, 1.165) is 24.2 Å². The number of nitrogens with zero attached hydrogens (tertiary/aromatic N) is 1. The number of carboxylic acids is 1. The molecule has 2 rings (SSSR count). The smallest absolute Gasteiger partial charge is 0.329 e. The first kappa shape index (κ1) is 15.9. The Labute approximate surface area is 129 Å². The van der Waals surface area contributed by atoms with Crippen LogP contribution in [0.25, 0.3) is 0 Å². The van der Waals surface area contributed by atoms with Crippen molar-refractivity contribution < 1.29 is 14.7 Å². The van der Waals surface area contributed by atoms with Gasteiger partial charge in [0, 0.05) is 17.9 Å². The normalized spacial score (nSPS) is 22.1. The number of likely N-dealkylation sites (tertiary alicyclic amines) is 1. The predicted octanol–water partition coefficient (Wildman–Crippen LogP) is 3.02. The summed E-state index contributed by atoms with van der Waals surface area (Å²) in [7, 11) is 0. The Kier molecular flexibility index (Phi) is 4.93. The lowest BCUT2D eigenvalue weighted by Gasteiger charge is -2.41. The maximum absolute atomic E-state index is 12.7. The molecule has 0 bridgehead atoms. The lowest BCUT2D eigenvalue weighted by molar-refractivity contribution is -0.150. The highest BCUT2D eigenvalue weighted by Crippen LogP contribution is 2.30. The van der Waals surface area contributed by atoms with Gasteiger partial charge in [0.25, 0.3) is 5.91 Å². The van der Waals surface area contributed by atoms with Gasteiger partial charge in [-0.25, -0.2) is 4.79 Å². The number of carbonyl (C=O) groups excluding carboxylic acids is 1. The first-order chi connectivity index (χ1) is 9.99. The Hall–Kier alpha value is -1.49. The summed E-state index contributed by atoms with van der Waals surface area (Å²) in [6.07, 6.45) is 4.23. The van der Waals surface area contributed by atoms with E-state index in [1.54, 1.807) is 24.8 Å². The number of thioether (sulfide) groups is 1. The molecule has 1 aromatic carbocycles. The van der Waals surface area contributed by atoms with Gasteiger partial charge >= 0.3 is 5.97 Å². The average Bonchev–Trinajstić information content (AvgIpc) is 2.47. The third kappa shape index (κ3) is 3.23. The second-order valence-electron chi connectivity index (χ2n) is 5.63. The molecule has 1 fully saturated rings. The zero-order chi connectivity index (χ0) is 15.5. The zero-order valence-corrected chi connectivity index (χ0v) is 13.3. The zero-order valence-electron chi connectivity index (χ0n) is 12.5. The maximum Gasteiger partial charge on any atom is 0.329 e. The van der Waals surface area contributed by atoms with Crippen LogP contribution in [0, 0.1) is 0 Å². The first-order valence-corrected chi connectivity index (χ1v) is 8.51. The van der Waals surface area contributed by atoms with Crippen LogP contribution in [0.15, 0.2) is 24.3 Å². The molecule has 114 valence electrons. The Morgan fingerprint density at radius 3 is 2.81 bits per heavy atom. The molecule has 21 heavy (non-hydrogen) atoms. The minimum absolute atomic E-state index is 0.178. The lowest BCUT2D eigenvalue weighted by Crippen LogP contribution is -2.57. The van der Waals surface area contributed by atoms with E-state index in [4.69, 9.17) is 0 Å². The Balaban J connectivity index is 2.29. The van der Waals surface area contributed by atoms with Gasteiger partial charge in [-0.3, -0.25) is 4.79 Å². The van der Waals surface area contributed by atoms with Crippen LogP contribution in [0.2, 0.25) is 0 Å². The quantitative estimate of drug-likeness (QED) is 0.929. The van der Waals surface area contributed by atoms with Gasteiger partial charge in [0.2, 0.25) is 0 Å². The van der Waals surface area contributed by atoms with E-state index in [-0.39, 0.29) is 5.91 Å². The minimum Gasteiger partial charge on any atom is -0.480 e. The van der Waals surface area contributed by atoms with Gasteiger partial charge in [0.05, 0.1) is 0 Å². The third-order valence-corrected chi connectivity index (χ3v) is 4.70. The number of benzene rings is 1. The van der Waals surface area contributed by atoms with Crippen molar-refractivity contribution in [2.45, 2.75) is 37.5 Å². The number of piperidine rings is 1. The second-order valence-corrected chi connectivity index (χ2v) is 6.49. The Morgan fingerprint density at radius 1 is 1.38 bits per heavy atom. The van der Waals surface area contributed by atoms with Crippen molar-refractivity contribution in [2.75, 3.05) is 12.8 Å².